The SMILES string of the molecule is CC(=O)NCCC(=O)O/N=C(\N)c1ccc([N+](=O)[O-])o1. The molecule has 20 heavy (non-hydrogen) atoms. The third-order valence-electron chi connectivity index (χ3n) is 1.97. The number of nitrogens with two attached hydrogens (primary N) is 1. The average Bonchev–Trinajstić information content (AvgIpc) is 2.85. The predicted molar refractivity (Wildman–Crippen MR) is 65.5 cm³/mol. The largest absolute Gasteiger partial charge is 0.433 e. The third kappa shape index (κ3) is 4.76. The van der Waals surface area contributed by atoms with E-state index >= 15 is 0 Å². The highest BCUT2D eigenvalue weighted by molar-refractivity contribution is 5.95. The van der Waals surface area contributed by atoms with Crippen molar-refractivity contribution in [2.24, 2.45) is 10.9 Å². The van der Waals surface area contributed by atoms with Crippen LogP contribution < -0.4 is 11.1 Å². The minimum absolute atomic E-state index is 0.0886. The van der Waals surface area contributed by atoms with Crippen LogP contribution in [0.1, 0.15) is 19.1 Å². The van der Waals surface area contributed by atoms with Gasteiger partial charge in [-0.05, 0) is 6.07 Å². The maximum Gasteiger partial charge on any atom is 0.433 e. The summed E-state index contributed by atoms with van der Waals surface area (Å²) in [6.45, 7) is 1.42. The fraction of sp³-hybridized carbons (Fsp3) is 0.300. The van der Waals surface area contributed by atoms with Crippen LogP contribution in [0.15, 0.2) is 21.7 Å². The number of amides is 1. The second-order valence-electron chi connectivity index (χ2n) is 3.57. The number of hydrogen-bond acceptors (Lipinski definition) is 7. The molecule has 108 valence electrons. The van der Waals surface area contributed by atoms with Crippen LogP contribution in [0.5, 0.6) is 0 Å². The molecule has 0 radical (unpaired) electrons. The van der Waals surface area contributed by atoms with Gasteiger partial charge in [0.1, 0.15) is 4.92 Å². The Bertz CT molecular complexity index is 550. The van der Waals surface area contributed by atoms with E-state index in [1.165, 1.54) is 13.0 Å². The Hall–Kier alpha value is -2.91. The molecule has 0 saturated carbocycles. The highest BCUT2D eigenvalue weighted by Crippen LogP contribution is 2.15. The molecule has 0 aliphatic carbocycles. The van der Waals surface area contributed by atoms with E-state index in [1.54, 1.807) is 0 Å². The predicted octanol–water partition coefficient (Wildman–Crippen LogP) is -0.122. The van der Waals surface area contributed by atoms with Gasteiger partial charge in [-0.1, -0.05) is 5.16 Å². The fourth-order valence-corrected chi connectivity index (χ4v) is 1.09. The van der Waals surface area contributed by atoms with Crippen molar-refractivity contribution in [3.8, 4) is 0 Å². The van der Waals surface area contributed by atoms with Crippen LogP contribution in [0.4, 0.5) is 5.88 Å². The summed E-state index contributed by atoms with van der Waals surface area (Å²) in [7, 11) is 0. The summed E-state index contributed by atoms with van der Waals surface area (Å²) in [5.41, 5.74) is 5.42. The van der Waals surface area contributed by atoms with Gasteiger partial charge in [0.05, 0.1) is 12.5 Å². The van der Waals surface area contributed by atoms with Crippen molar-refractivity contribution in [1.29, 1.82) is 0 Å². The number of nitro groups is 1. The number of hydrogen-bond donors (Lipinski definition) is 2. The summed E-state index contributed by atoms with van der Waals surface area (Å²) in [4.78, 5) is 35.9. The van der Waals surface area contributed by atoms with Gasteiger partial charge in [-0.15, -0.1) is 0 Å². The van der Waals surface area contributed by atoms with Crippen molar-refractivity contribution in [3.63, 3.8) is 0 Å². The van der Waals surface area contributed by atoms with Crippen molar-refractivity contribution < 1.29 is 23.8 Å². The van der Waals surface area contributed by atoms with Crippen LogP contribution in [-0.4, -0.2) is 29.2 Å². The summed E-state index contributed by atoms with van der Waals surface area (Å²) < 4.78 is 4.75. The Labute approximate surface area is 112 Å². The molecule has 1 aromatic heterocycles. The second-order valence-corrected chi connectivity index (χ2v) is 3.57. The van der Waals surface area contributed by atoms with Crippen molar-refractivity contribution in [2.75, 3.05) is 6.54 Å². The summed E-state index contributed by atoms with van der Waals surface area (Å²) in [6, 6.07) is 2.32. The van der Waals surface area contributed by atoms with E-state index in [9.17, 15) is 19.7 Å². The molecule has 1 heterocycles. The number of oxime groups is 1. The minimum atomic E-state index is -0.740. The third-order valence-corrected chi connectivity index (χ3v) is 1.97. The first-order valence-corrected chi connectivity index (χ1v) is 5.42. The van der Waals surface area contributed by atoms with Crippen molar-refractivity contribution >= 4 is 23.6 Å². The molecule has 1 aromatic rings. The molecular formula is C10H12N4O6. The Balaban J connectivity index is 2.49. The van der Waals surface area contributed by atoms with Gasteiger partial charge in [-0.3, -0.25) is 14.9 Å². The van der Waals surface area contributed by atoms with Crippen LogP contribution in [0, 0.1) is 10.1 Å². The van der Waals surface area contributed by atoms with Gasteiger partial charge in [-0.25, -0.2) is 4.79 Å². The Morgan fingerprint density at radius 3 is 2.80 bits per heavy atom. The number of nitrogens with zero attached hydrogens (tertiary/aromatic N) is 2. The van der Waals surface area contributed by atoms with Gasteiger partial charge >= 0.3 is 11.9 Å². The lowest BCUT2D eigenvalue weighted by Crippen LogP contribution is -2.23. The van der Waals surface area contributed by atoms with E-state index in [4.69, 9.17) is 10.2 Å². The molecule has 0 bridgehead atoms. The molecular weight excluding hydrogens is 272 g/mol. The number of carbonyl (C=O) groups excluding carboxylic acids is 2. The van der Waals surface area contributed by atoms with Crippen LogP contribution in [0.3, 0.4) is 0 Å². The Morgan fingerprint density at radius 2 is 2.25 bits per heavy atom. The molecule has 0 aliphatic heterocycles. The number of furan rings is 1. The highest BCUT2D eigenvalue weighted by atomic mass is 16.7. The molecule has 0 aliphatic rings. The number of amidine groups is 1. The van der Waals surface area contributed by atoms with Crippen molar-refractivity contribution in [1.82, 2.24) is 5.32 Å². The number of carbonyl (C=O) groups is 2. The van der Waals surface area contributed by atoms with Gasteiger partial charge in [0.25, 0.3) is 0 Å². The first-order chi connectivity index (χ1) is 9.40. The summed E-state index contributed by atoms with van der Waals surface area (Å²) in [5, 5.41) is 16.1. The van der Waals surface area contributed by atoms with E-state index in [0.717, 1.165) is 6.07 Å². The lowest BCUT2D eigenvalue weighted by Gasteiger charge is -2.00. The van der Waals surface area contributed by atoms with Crippen LogP contribution in [-0.2, 0) is 14.4 Å². The zero-order chi connectivity index (χ0) is 15.1. The minimum Gasteiger partial charge on any atom is -0.397 e. The Morgan fingerprint density at radius 1 is 1.55 bits per heavy atom. The lowest BCUT2D eigenvalue weighted by molar-refractivity contribution is -0.402. The number of nitrogens with one attached hydrogen (secondary N) is 1. The molecule has 1 amide bonds. The van der Waals surface area contributed by atoms with Gasteiger partial charge in [0, 0.05) is 13.5 Å². The zero-order valence-electron chi connectivity index (χ0n) is 10.5. The van der Waals surface area contributed by atoms with Crippen molar-refractivity contribution in [3.05, 3.63) is 28.0 Å². The molecule has 0 fully saturated rings. The quantitative estimate of drug-likeness (QED) is 0.243. The van der Waals surface area contributed by atoms with E-state index in [0.29, 0.717) is 0 Å². The first-order valence-electron chi connectivity index (χ1n) is 5.42. The average molecular weight is 284 g/mol. The summed E-state index contributed by atoms with van der Waals surface area (Å²) in [6.07, 6.45) is -0.0886. The lowest BCUT2D eigenvalue weighted by atomic mass is 10.4. The van der Waals surface area contributed by atoms with E-state index < -0.39 is 16.8 Å². The molecule has 0 spiro atoms. The van der Waals surface area contributed by atoms with Gasteiger partial charge in [0.15, 0.2) is 5.76 Å². The fourth-order valence-electron chi connectivity index (χ4n) is 1.09. The zero-order valence-corrected chi connectivity index (χ0v) is 10.5. The standard InChI is InChI=1S/C10H12N4O6/c1-6(15)12-5-4-9(16)20-13-10(11)7-2-3-8(19-7)14(17)18/h2-3H,4-5H2,1H3,(H2,11,13)(H,12,15). The first kappa shape index (κ1) is 15.1. The van der Waals surface area contributed by atoms with E-state index in [-0.39, 0.29) is 30.5 Å². The van der Waals surface area contributed by atoms with Crippen molar-refractivity contribution in [2.45, 2.75) is 13.3 Å². The molecule has 0 aromatic carbocycles. The second kappa shape index (κ2) is 6.87. The summed E-state index contributed by atoms with van der Waals surface area (Å²) in [5.74, 6) is -1.90. The van der Waals surface area contributed by atoms with Crippen LogP contribution in [0.25, 0.3) is 0 Å². The maximum absolute atomic E-state index is 11.2. The normalized spacial score (nSPS) is 10.9. The summed E-state index contributed by atoms with van der Waals surface area (Å²) >= 11 is 0. The van der Waals surface area contributed by atoms with E-state index in [2.05, 4.69) is 15.3 Å². The molecule has 0 atom stereocenters. The van der Waals surface area contributed by atoms with Gasteiger partial charge in [-0.2, -0.15) is 0 Å². The molecule has 10 heteroatoms. The smallest absolute Gasteiger partial charge is 0.397 e. The number of rotatable bonds is 6. The van der Waals surface area contributed by atoms with Crippen LogP contribution >= 0.6 is 0 Å². The maximum atomic E-state index is 11.2. The van der Waals surface area contributed by atoms with E-state index in [1.807, 2.05) is 0 Å². The topological polar surface area (TPSA) is 150 Å². The van der Waals surface area contributed by atoms with Gasteiger partial charge in [0.2, 0.25) is 11.7 Å². The van der Waals surface area contributed by atoms with Crippen LogP contribution in [0.2, 0.25) is 0 Å². The molecule has 10 nitrogen and oxygen atoms in total. The highest BCUT2D eigenvalue weighted by Gasteiger charge is 2.14. The molecule has 0 unspecified atom stereocenters. The monoisotopic (exact) mass is 284 g/mol. The Kier molecular flexibility index (Phi) is 5.21. The molecule has 1 rings (SSSR count). The van der Waals surface area contributed by atoms with Gasteiger partial charge < -0.3 is 20.3 Å². The molecule has 0 saturated heterocycles. The molecule has 3 N–H and O–H groups in total.